The van der Waals surface area contributed by atoms with Crippen LogP contribution in [0, 0.1) is 17.4 Å². The summed E-state index contributed by atoms with van der Waals surface area (Å²) in [4.78, 5) is 0.216. The Bertz CT molecular complexity index is 772. The first-order valence-corrected chi connectivity index (χ1v) is 8.83. The molecule has 0 heterocycles. The second kappa shape index (κ2) is 6.23. The van der Waals surface area contributed by atoms with Crippen molar-refractivity contribution in [3.05, 3.63) is 51.1 Å². The maximum atomic E-state index is 12.5. The van der Waals surface area contributed by atoms with E-state index in [1.165, 1.54) is 6.07 Å². The van der Waals surface area contributed by atoms with E-state index in [0.717, 1.165) is 14.7 Å². The van der Waals surface area contributed by atoms with Gasteiger partial charge in [-0.15, -0.1) is 0 Å². The summed E-state index contributed by atoms with van der Waals surface area (Å²) in [5, 5.41) is 0. The highest BCUT2D eigenvalue weighted by atomic mass is 127. The first-order chi connectivity index (χ1) is 9.83. The second-order valence-corrected chi connectivity index (χ2v) is 7.56. The molecule has 0 aromatic heterocycles. The first-order valence-electron chi connectivity index (χ1n) is 6.27. The average molecular weight is 417 g/mol. The molecule has 0 amide bonds. The maximum absolute atomic E-state index is 12.5. The quantitative estimate of drug-likeness (QED) is 0.772. The van der Waals surface area contributed by atoms with Gasteiger partial charge in [0.15, 0.2) is 0 Å². The molecule has 0 saturated heterocycles. The zero-order valence-electron chi connectivity index (χ0n) is 12.0. The molecule has 2 aromatic carbocycles. The number of rotatable bonds is 4. The predicted octanol–water partition coefficient (Wildman–Crippen LogP) is 3.72. The lowest BCUT2D eigenvalue weighted by atomic mass is 10.1. The highest BCUT2D eigenvalue weighted by molar-refractivity contribution is 14.1. The van der Waals surface area contributed by atoms with Gasteiger partial charge < -0.3 is 4.74 Å². The average Bonchev–Trinajstić information content (AvgIpc) is 2.42. The van der Waals surface area contributed by atoms with Crippen molar-refractivity contribution in [2.24, 2.45) is 0 Å². The lowest BCUT2D eigenvalue weighted by Crippen LogP contribution is -2.14. The number of nitrogens with one attached hydrogen (secondary N) is 1. The molecule has 0 spiro atoms. The molecule has 21 heavy (non-hydrogen) atoms. The minimum absolute atomic E-state index is 0.216. The Hall–Kier alpha value is -1.28. The SMILES string of the molecule is COc1ccc(S(=O)(=O)Nc2cc(C)ccc2C)cc1I. The summed E-state index contributed by atoms with van der Waals surface area (Å²) >= 11 is 2.05. The molecule has 6 heteroatoms. The largest absolute Gasteiger partial charge is 0.496 e. The summed E-state index contributed by atoms with van der Waals surface area (Å²) < 4.78 is 33.5. The monoisotopic (exact) mass is 417 g/mol. The van der Waals surface area contributed by atoms with Crippen LogP contribution in [0.2, 0.25) is 0 Å². The highest BCUT2D eigenvalue weighted by Crippen LogP contribution is 2.26. The van der Waals surface area contributed by atoms with Crippen LogP contribution in [0.1, 0.15) is 11.1 Å². The predicted molar refractivity (Wildman–Crippen MR) is 92.4 cm³/mol. The van der Waals surface area contributed by atoms with Crippen LogP contribution >= 0.6 is 22.6 Å². The van der Waals surface area contributed by atoms with Gasteiger partial charge in [-0.1, -0.05) is 12.1 Å². The van der Waals surface area contributed by atoms with Crippen LogP contribution in [-0.4, -0.2) is 15.5 Å². The van der Waals surface area contributed by atoms with Gasteiger partial charge in [0, 0.05) is 0 Å². The van der Waals surface area contributed by atoms with Gasteiger partial charge in [0.05, 0.1) is 21.3 Å². The topological polar surface area (TPSA) is 55.4 Å². The maximum Gasteiger partial charge on any atom is 0.261 e. The number of anilines is 1. The second-order valence-electron chi connectivity index (χ2n) is 4.72. The lowest BCUT2D eigenvalue weighted by Gasteiger charge is -2.12. The number of methoxy groups -OCH3 is 1. The minimum atomic E-state index is -3.61. The van der Waals surface area contributed by atoms with Gasteiger partial charge in [0.2, 0.25) is 0 Å². The van der Waals surface area contributed by atoms with Crippen molar-refractivity contribution < 1.29 is 13.2 Å². The van der Waals surface area contributed by atoms with Crippen LogP contribution in [-0.2, 0) is 10.0 Å². The molecule has 0 bridgehead atoms. The minimum Gasteiger partial charge on any atom is -0.496 e. The number of hydrogen-bond donors (Lipinski definition) is 1. The van der Waals surface area contributed by atoms with Gasteiger partial charge in [0.1, 0.15) is 5.75 Å². The van der Waals surface area contributed by atoms with Crippen molar-refractivity contribution in [2.45, 2.75) is 18.7 Å². The van der Waals surface area contributed by atoms with E-state index >= 15 is 0 Å². The van der Waals surface area contributed by atoms with Crippen LogP contribution in [0.3, 0.4) is 0 Å². The van der Waals surface area contributed by atoms with Crippen molar-refractivity contribution in [3.8, 4) is 5.75 Å². The van der Waals surface area contributed by atoms with E-state index in [-0.39, 0.29) is 4.90 Å². The summed E-state index contributed by atoms with van der Waals surface area (Å²) in [6, 6.07) is 10.4. The van der Waals surface area contributed by atoms with Crippen molar-refractivity contribution in [3.63, 3.8) is 0 Å². The van der Waals surface area contributed by atoms with E-state index in [1.807, 2.05) is 32.0 Å². The van der Waals surface area contributed by atoms with E-state index in [0.29, 0.717) is 11.4 Å². The molecular weight excluding hydrogens is 401 g/mol. The number of ether oxygens (including phenoxy) is 1. The van der Waals surface area contributed by atoms with Gasteiger partial charge in [-0.05, 0) is 71.8 Å². The standard InChI is InChI=1S/C15H16INO3S/c1-10-4-5-11(2)14(8-10)17-21(18,19)12-6-7-15(20-3)13(16)9-12/h4-9,17H,1-3H3. The summed E-state index contributed by atoms with van der Waals surface area (Å²) in [6.45, 7) is 3.79. The van der Waals surface area contributed by atoms with Crippen LogP contribution < -0.4 is 9.46 Å². The van der Waals surface area contributed by atoms with E-state index < -0.39 is 10.0 Å². The Morgan fingerprint density at radius 3 is 2.43 bits per heavy atom. The lowest BCUT2D eigenvalue weighted by molar-refractivity contribution is 0.411. The van der Waals surface area contributed by atoms with Gasteiger partial charge in [-0.25, -0.2) is 8.42 Å². The van der Waals surface area contributed by atoms with Gasteiger partial charge in [-0.3, -0.25) is 4.72 Å². The molecule has 0 aliphatic heterocycles. The molecule has 0 atom stereocenters. The zero-order valence-corrected chi connectivity index (χ0v) is 14.9. The molecule has 0 aliphatic rings. The summed E-state index contributed by atoms with van der Waals surface area (Å²) in [5.41, 5.74) is 2.48. The highest BCUT2D eigenvalue weighted by Gasteiger charge is 2.17. The Labute approximate surface area is 138 Å². The summed E-state index contributed by atoms with van der Waals surface area (Å²) in [7, 11) is -2.05. The van der Waals surface area contributed by atoms with E-state index in [9.17, 15) is 8.42 Å². The number of hydrogen-bond acceptors (Lipinski definition) is 3. The molecule has 0 radical (unpaired) electrons. The van der Waals surface area contributed by atoms with Crippen molar-refractivity contribution >= 4 is 38.3 Å². The molecule has 2 aromatic rings. The molecule has 112 valence electrons. The van der Waals surface area contributed by atoms with Gasteiger partial charge in [-0.2, -0.15) is 0 Å². The van der Waals surface area contributed by atoms with Gasteiger partial charge >= 0.3 is 0 Å². The third kappa shape index (κ3) is 3.68. The Morgan fingerprint density at radius 2 is 1.81 bits per heavy atom. The van der Waals surface area contributed by atoms with Crippen molar-refractivity contribution in [1.82, 2.24) is 0 Å². The molecule has 0 unspecified atom stereocenters. The third-order valence-corrected chi connectivity index (χ3v) is 5.28. The molecule has 4 nitrogen and oxygen atoms in total. The Balaban J connectivity index is 2.38. The van der Waals surface area contributed by atoms with Crippen LogP contribution in [0.15, 0.2) is 41.3 Å². The molecule has 0 aliphatic carbocycles. The molecule has 2 rings (SSSR count). The first kappa shape index (κ1) is 16.1. The van der Waals surface area contributed by atoms with E-state index in [1.54, 1.807) is 19.2 Å². The molecule has 0 fully saturated rings. The van der Waals surface area contributed by atoms with Crippen molar-refractivity contribution in [2.75, 3.05) is 11.8 Å². The third-order valence-electron chi connectivity index (χ3n) is 3.07. The number of aryl methyl sites for hydroxylation is 2. The zero-order chi connectivity index (χ0) is 15.6. The molecule has 1 N–H and O–H groups in total. The number of benzene rings is 2. The van der Waals surface area contributed by atoms with E-state index in [4.69, 9.17) is 4.74 Å². The molecule has 0 saturated carbocycles. The van der Waals surface area contributed by atoms with Gasteiger partial charge in [0.25, 0.3) is 10.0 Å². The Morgan fingerprint density at radius 1 is 1.10 bits per heavy atom. The number of halogens is 1. The fraction of sp³-hybridized carbons (Fsp3) is 0.200. The van der Waals surface area contributed by atoms with E-state index in [2.05, 4.69) is 27.3 Å². The fourth-order valence-corrected chi connectivity index (χ4v) is 3.96. The Kier molecular flexibility index (Phi) is 4.77. The molecular formula is C15H16INO3S. The smallest absolute Gasteiger partial charge is 0.261 e. The fourth-order valence-electron chi connectivity index (χ4n) is 1.86. The van der Waals surface area contributed by atoms with Crippen LogP contribution in [0.5, 0.6) is 5.75 Å². The van der Waals surface area contributed by atoms with Crippen LogP contribution in [0.4, 0.5) is 5.69 Å². The summed E-state index contributed by atoms with van der Waals surface area (Å²) in [6.07, 6.45) is 0. The number of sulfonamides is 1. The van der Waals surface area contributed by atoms with Crippen molar-refractivity contribution in [1.29, 1.82) is 0 Å². The van der Waals surface area contributed by atoms with Crippen LogP contribution in [0.25, 0.3) is 0 Å². The normalized spacial score (nSPS) is 11.2. The summed E-state index contributed by atoms with van der Waals surface area (Å²) in [5.74, 6) is 0.654.